The molecule has 1 heteroatoms. The summed E-state index contributed by atoms with van der Waals surface area (Å²) < 4.78 is 6.75. The molecule has 0 saturated heterocycles. The van der Waals surface area contributed by atoms with E-state index in [0.29, 0.717) is 5.92 Å². The second-order valence-electron chi connectivity index (χ2n) is 14.9. The Hall–Kier alpha value is -6.18. The topological polar surface area (TPSA) is 13.1 Å². The predicted octanol–water partition coefficient (Wildman–Crippen LogP) is 14.3. The Balaban J connectivity index is 1.29. The van der Waals surface area contributed by atoms with Crippen molar-refractivity contribution < 1.29 is 4.42 Å². The van der Waals surface area contributed by atoms with Gasteiger partial charge < -0.3 is 4.42 Å². The van der Waals surface area contributed by atoms with Crippen LogP contribution in [0.15, 0.2) is 144 Å². The molecule has 1 unspecified atom stereocenters. The number of benzene rings is 8. The minimum absolute atomic E-state index is 0.434. The van der Waals surface area contributed by atoms with Gasteiger partial charge in [0, 0.05) is 11.1 Å². The average molecular weight is 665 g/mol. The molecule has 1 atom stereocenters. The zero-order chi connectivity index (χ0) is 34.5. The highest BCUT2D eigenvalue weighted by Crippen LogP contribution is 2.50. The fraction of sp³-hybridized carbons (Fsp3) is 0.0980. The largest absolute Gasteiger partial charge is 0.456 e. The van der Waals surface area contributed by atoms with Crippen molar-refractivity contribution in [3.63, 3.8) is 0 Å². The van der Waals surface area contributed by atoms with Crippen LogP contribution in [-0.2, 0) is 6.42 Å². The third-order valence-corrected chi connectivity index (χ3v) is 11.8. The van der Waals surface area contributed by atoms with Crippen LogP contribution in [0, 0.1) is 6.92 Å². The number of hydrogen-bond donors (Lipinski definition) is 0. The van der Waals surface area contributed by atoms with Crippen LogP contribution >= 0.6 is 0 Å². The summed E-state index contributed by atoms with van der Waals surface area (Å²) in [6.07, 6.45) is 8.79. The second-order valence-corrected chi connectivity index (χ2v) is 14.9. The molecule has 8 aromatic carbocycles. The molecule has 0 N–H and O–H groups in total. The summed E-state index contributed by atoms with van der Waals surface area (Å²) in [6.45, 7) is 4.46. The maximum atomic E-state index is 6.75. The Morgan fingerprint density at radius 3 is 2.08 bits per heavy atom. The first-order valence-corrected chi connectivity index (χ1v) is 18.5. The summed E-state index contributed by atoms with van der Waals surface area (Å²) in [6, 6.07) is 50.1. The van der Waals surface area contributed by atoms with Crippen LogP contribution < -0.4 is 0 Å². The molecule has 0 bridgehead atoms. The Labute approximate surface area is 303 Å². The molecule has 11 rings (SSSR count). The monoisotopic (exact) mass is 664 g/mol. The molecule has 1 nitrogen and oxygen atoms in total. The lowest BCUT2D eigenvalue weighted by Crippen LogP contribution is -1.96. The van der Waals surface area contributed by atoms with E-state index in [-0.39, 0.29) is 0 Å². The quantitative estimate of drug-likeness (QED) is 0.171. The fourth-order valence-electron chi connectivity index (χ4n) is 9.14. The van der Waals surface area contributed by atoms with Crippen molar-refractivity contribution in [1.29, 1.82) is 0 Å². The van der Waals surface area contributed by atoms with Gasteiger partial charge in [-0.3, -0.25) is 0 Å². The van der Waals surface area contributed by atoms with Gasteiger partial charge in [-0.15, -0.1) is 0 Å². The van der Waals surface area contributed by atoms with Gasteiger partial charge in [0.25, 0.3) is 0 Å². The minimum Gasteiger partial charge on any atom is -0.456 e. The van der Waals surface area contributed by atoms with Gasteiger partial charge in [0.1, 0.15) is 11.5 Å². The lowest BCUT2D eigenvalue weighted by molar-refractivity contribution is 0.559. The predicted molar refractivity (Wildman–Crippen MR) is 221 cm³/mol. The summed E-state index contributed by atoms with van der Waals surface area (Å²) >= 11 is 0. The van der Waals surface area contributed by atoms with Gasteiger partial charge in [0.2, 0.25) is 0 Å². The first kappa shape index (κ1) is 29.5. The third-order valence-electron chi connectivity index (χ3n) is 11.8. The SMILES string of the molecule is Cc1ccc(-c2cc(-c3cc4c(o3)C=CCC4C)c3ccc4c(-c5cccc6ccccc56)cc(C5=Cc6ccccc6C5)c5ccc2c3c54)cc1. The van der Waals surface area contributed by atoms with E-state index in [1.54, 1.807) is 0 Å². The summed E-state index contributed by atoms with van der Waals surface area (Å²) in [7, 11) is 0. The maximum Gasteiger partial charge on any atom is 0.135 e. The molecule has 9 aromatic rings. The lowest BCUT2D eigenvalue weighted by atomic mass is 9.81. The Morgan fingerprint density at radius 2 is 1.27 bits per heavy atom. The van der Waals surface area contributed by atoms with Crippen molar-refractivity contribution in [2.75, 3.05) is 0 Å². The molecule has 2 aliphatic carbocycles. The molecular formula is C51H36O. The molecule has 0 aliphatic heterocycles. The smallest absolute Gasteiger partial charge is 0.135 e. The second kappa shape index (κ2) is 11.2. The zero-order valence-corrected chi connectivity index (χ0v) is 29.3. The van der Waals surface area contributed by atoms with Crippen molar-refractivity contribution in [1.82, 2.24) is 0 Å². The average Bonchev–Trinajstić information content (AvgIpc) is 3.82. The molecule has 0 radical (unpaired) electrons. The zero-order valence-electron chi connectivity index (χ0n) is 29.3. The van der Waals surface area contributed by atoms with Crippen LogP contribution in [0.2, 0.25) is 0 Å². The van der Waals surface area contributed by atoms with E-state index in [1.807, 2.05) is 0 Å². The highest BCUT2D eigenvalue weighted by Gasteiger charge is 2.25. The van der Waals surface area contributed by atoms with Crippen LogP contribution in [0.4, 0.5) is 0 Å². The number of fused-ring (bicyclic) bond motifs is 3. The van der Waals surface area contributed by atoms with Crippen LogP contribution in [0.3, 0.4) is 0 Å². The summed E-state index contributed by atoms with van der Waals surface area (Å²) in [5.41, 5.74) is 14.1. The van der Waals surface area contributed by atoms with Crippen molar-refractivity contribution in [2.45, 2.75) is 32.6 Å². The normalized spacial score (nSPS) is 15.2. The number of aryl methyl sites for hydroxylation is 1. The first-order valence-electron chi connectivity index (χ1n) is 18.5. The van der Waals surface area contributed by atoms with Crippen LogP contribution in [-0.4, -0.2) is 0 Å². The Kier molecular flexibility index (Phi) is 6.34. The number of rotatable bonds is 4. The van der Waals surface area contributed by atoms with Crippen LogP contribution in [0.1, 0.15) is 52.8 Å². The molecule has 0 spiro atoms. The first-order chi connectivity index (χ1) is 25.6. The molecule has 0 fully saturated rings. The molecule has 1 heterocycles. The van der Waals surface area contributed by atoms with Gasteiger partial charge in [-0.25, -0.2) is 0 Å². The summed E-state index contributed by atoms with van der Waals surface area (Å²) in [5, 5.41) is 10.3. The van der Waals surface area contributed by atoms with Crippen LogP contribution in [0.25, 0.3) is 94.4 Å². The van der Waals surface area contributed by atoms with Gasteiger partial charge in [0.05, 0.1) is 0 Å². The standard InChI is InChI=1S/C51H36O/c1-30-17-19-33(20-18-30)44-28-47(49-29-43-31(2)9-7-16-48(43)52-49)42-24-23-41-46(38-15-8-13-32-10-5-6-14-37(32)38)27-45(40-22-21-39(44)51(42)50(40)41)36-25-34-11-3-4-12-35(34)26-36/h3-8,10-25,27-29,31H,9,26H2,1-2H3. The number of furan rings is 1. The van der Waals surface area contributed by atoms with Crippen LogP contribution in [0.5, 0.6) is 0 Å². The number of hydrogen-bond acceptors (Lipinski definition) is 1. The molecule has 246 valence electrons. The van der Waals surface area contributed by atoms with Crippen molar-refractivity contribution in [2.24, 2.45) is 0 Å². The molecule has 0 amide bonds. The lowest BCUT2D eigenvalue weighted by Gasteiger charge is -2.21. The molecule has 52 heavy (non-hydrogen) atoms. The van der Waals surface area contributed by atoms with E-state index >= 15 is 0 Å². The fourth-order valence-corrected chi connectivity index (χ4v) is 9.14. The molecular weight excluding hydrogens is 629 g/mol. The van der Waals surface area contributed by atoms with Gasteiger partial charge in [0.15, 0.2) is 0 Å². The maximum absolute atomic E-state index is 6.75. The molecule has 1 aromatic heterocycles. The van der Waals surface area contributed by atoms with Gasteiger partial charge >= 0.3 is 0 Å². The van der Waals surface area contributed by atoms with Gasteiger partial charge in [-0.05, 0) is 138 Å². The highest BCUT2D eigenvalue weighted by atomic mass is 16.3. The van der Waals surface area contributed by atoms with Gasteiger partial charge in [-0.2, -0.15) is 0 Å². The van der Waals surface area contributed by atoms with E-state index in [0.717, 1.165) is 29.9 Å². The van der Waals surface area contributed by atoms with E-state index in [4.69, 9.17) is 4.42 Å². The van der Waals surface area contributed by atoms with Crippen molar-refractivity contribution in [3.05, 3.63) is 173 Å². The van der Waals surface area contributed by atoms with Crippen molar-refractivity contribution >= 4 is 60.8 Å². The summed E-state index contributed by atoms with van der Waals surface area (Å²) in [4.78, 5) is 0. The Morgan fingerprint density at radius 1 is 0.577 bits per heavy atom. The van der Waals surface area contributed by atoms with E-state index in [2.05, 4.69) is 166 Å². The van der Waals surface area contributed by atoms with Gasteiger partial charge in [-0.1, -0.05) is 140 Å². The van der Waals surface area contributed by atoms with Crippen molar-refractivity contribution in [3.8, 4) is 33.6 Å². The minimum atomic E-state index is 0.434. The number of allylic oxidation sites excluding steroid dienone is 2. The Bertz CT molecular complexity index is 2960. The molecule has 0 saturated carbocycles. The highest BCUT2D eigenvalue weighted by molar-refractivity contribution is 6.31. The third kappa shape index (κ3) is 4.36. The van der Waals surface area contributed by atoms with E-state index in [9.17, 15) is 0 Å². The van der Waals surface area contributed by atoms with E-state index in [1.165, 1.54) is 98.7 Å². The van der Waals surface area contributed by atoms with E-state index < -0.39 is 0 Å². The molecule has 2 aliphatic rings. The summed E-state index contributed by atoms with van der Waals surface area (Å²) in [5.74, 6) is 2.37.